The molecule has 0 aliphatic rings. The summed E-state index contributed by atoms with van der Waals surface area (Å²) in [5, 5.41) is 0. The monoisotopic (exact) mass is 261 g/mol. The average molecular weight is 261 g/mol. The molecule has 0 saturated heterocycles. The van der Waals surface area contributed by atoms with Crippen molar-refractivity contribution in [1.29, 1.82) is 0 Å². The standard InChI is InChI=1S/C15H23NOSi/c1-7-15(3,17-18(4,5)6)11-10-14-9-8-13(2)16-12-14/h8-9,12H,7H2,1-6H3. The van der Waals surface area contributed by atoms with Crippen LogP contribution < -0.4 is 0 Å². The van der Waals surface area contributed by atoms with Crippen LogP contribution in [0.4, 0.5) is 0 Å². The lowest BCUT2D eigenvalue weighted by molar-refractivity contribution is 0.138. The van der Waals surface area contributed by atoms with Gasteiger partial charge < -0.3 is 4.43 Å². The molecule has 0 fully saturated rings. The fourth-order valence-electron chi connectivity index (χ4n) is 1.61. The summed E-state index contributed by atoms with van der Waals surface area (Å²) < 4.78 is 6.16. The highest BCUT2D eigenvalue weighted by atomic mass is 28.4. The van der Waals surface area contributed by atoms with Gasteiger partial charge in [-0.3, -0.25) is 4.98 Å². The second kappa shape index (κ2) is 5.68. The van der Waals surface area contributed by atoms with E-state index < -0.39 is 8.32 Å². The Morgan fingerprint density at radius 1 is 1.33 bits per heavy atom. The van der Waals surface area contributed by atoms with E-state index in [9.17, 15) is 0 Å². The minimum absolute atomic E-state index is 0.352. The fourth-order valence-corrected chi connectivity index (χ4v) is 3.15. The number of hydrogen-bond donors (Lipinski definition) is 0. The van der Waals surface area contributed by atoms with Crippen molar-refractivity contribution >= 4 is 8.32 Å². The highest BCUT2D eigenvalue weighted by Crippen LogP contribution is 2.20. The van der Waals surface area contributed by atoms with Gasteiger partial charge >= 0.3 is 0 Å². The zero-order chi connectivity index (χ0) is 13.8. The maximum Gasteiger partial charge on any atom is 0.185 e. The van der Waals surface area contributed by atoms with E-state index in [2.05, 4.69) is 50.3 Å². The number of aryl methyl sites for hydroxylation is 1. The Morgan fingerprint density at radius 2 is 2.00 bits per heavy atom. The van der Waals surface area contributed by atoms with E-state index in [4.69, 9.17) is 4.43 Å². The first kappa shape index (κ1) is 14.9. The van der Waals surface area contributed by atoms with Crippen molar-refractivity contribution in [2.24, 2.45) is 0 Å². The number of aromatic nitrogens is 1. The Hall–Kier alpha value is -1.11. The molecule has 2 nitrogen and oxygen atoms in total. The van der Waals surface area contributed by atoms with Crippen molar-refractivity contribution in [3.8, 4) is 11.8 Å². The molecule has 3 heteroatoms. The van der Waals surface area contributed by atoms with E-state index in [1.54, 1.807) is 0 Å². The molecule has 0 radical (unpaired) electrons. The van der Waals surface area contributed by atoms with Gasteiger partial charge in [-0.15, -0.1) is 0 Å². The summed E-state index contributed by atoms with van der Waals surface area (Å²) in [4.78, 5) is 4.25. The summed E-state index contributed by atoms with van der Waals surface area (Å²) in [6.45, 7) is 12.7. The second-order valence-electron chi connectivity index (χ2n) is 5.74. The Labute approximate surface area is 112 Å². The molecule has 0 N–H and O–H groups in total. The molecule has 0 saturated carbocycles. The van der Waals surface area contributed by atoms with Gasteiger partial charge in [0.15, 0.2) is 8.32 Å². The van der Waals surface area contributed by atoms with Crippen LogP contribution >= 0.6 is 0 Å². The van der Waals surface area contributed by atoms with Gasteiger partial charge in [-0.1, -0.05) is 18.8 Å². The number of nitrogens with zero attached hydrogens (tertiary/aromatic N) is 1. The summed E-state index contributed by atoms with van der Waals surface area (Å²) in [7, 11) is -1.58. The highest BCUT2D eigenvalue weighted by molar-refractivity contribution is 6.69. The molecule has 1 rings (SSSR count). The van der Waals surface area contributed by atoms with Crippen LogP contribution in [-0.2, 0) is 4.43 Å². The molecule has 0 aliphatic heterocycles. The third-order valence-corrected chi connectivity index (χ3v) is 3.65. The predicted molar refractivity (Wildman–Crippen MR) is 79.0 cm³/mol. The maximum absolute atomic E-state index is 6.16. The predicted octanol–water partition coefficient (Wildman–Crippen LogP) is 3.76. The molecule has 1 aromatic heterocycles. The number of pyridine rings is 1. The van der Waals surface area contributed by atoms with E-state index in [0.717, 1.165) is 17.7 Å². The van der Waals surface area contributed by atoms with E-state index in [1.165, 1.54) is 0 Å². The zero-order valence-corrected chi connectivity index (χ0v) is 13.3. The first-order valence-corrected chi connectivity index (χ1v) is 9.81. The van der Waals surface area contributed by atoms with Crippen LogP contribution in [0.1, 0.15) is 31.5 Å². The minimum atomic E-state index is -1.58. The van der Waals surface area contributed by atoms with Gasteiger partial charge in [-0.25, -0.2) is 0 Å². The molecular weight excluding hydrogens is 238 g/mol. The van der Waals surface area contributed by atoms with E-state index in [0.29, 0.717) is 0 Å². The van der Waals surface area contributed by atoms with E-state index in [1.807, 2.05) is 25.3 Å². The first-order chi connectivity index (χ1) is 8.24. The van der Waals surface area contributed by atoms with Crippen LogP contribution in [0.25, 0.3) is 0 Å². The fraction of sp³-hybridized carbons (Fsp3) is 0.533. The van der Waals surface area contributed by atoms with Crippen LogP contribution in [0.3, 0.4) is 0 Å². The molecule has 1 atom stereocenters. The van der Waals surface area contributed by atoms with Gasteiger partial charge in [0.2, 0.25) is 0 Å². The molecule has 0 bridgehead atoms. The summed E-state index contributed by atoms with van der Waals surface area (Å²) in [5.41, 5.74) is 1.60. The van der Waals surface area contributed by atoms with Crippen LogP contribution in [0.15, 0.2) is 18.3 Å². The second-order valence-corrected chi connectivity index (χ2v) is 10.2. The summed E-state index contributed by atoms with van der Waals surface area (Å²) in [5.74, 6) is 6.43. The molecule has 0 aromatic carbocycles. The van der Waals surface area contributed by atoms with Gasteiger partial charge in [-0.2, -0.15) is 0 Å². The topological polar surface area (TPSA) is 22.1 Å². The molecule has 0 aliphatic carbocycles. The van der Waals surface area contributed by atoms with Gasteiger partial charge in [0.25, 0.3) is 0 Å². The van der Waals surface area contributed by atoms with Gasteiger partial charge in [0.1, 0.15) is 5.60 Å². The van der Waals surface area contributed by atoms with Crippen molar-refractivity contribution in [2.45, 2.75) is 52.4 Å². The highest BCUT2D eigenvalue weighted by Gasteiger charge is 2.28. The lowest BCUT2D eigenvalue weighted by Crippen LogP contribution is -2.39. The Kier molecular flexibility index (Phi) is 4.72. The quantitative estimate of drug-likeness (QED) is 0.610. The normalized spacial score (nSPS) is 14.6. The zero-order valence-electron chi connectivity index (χ0n) is 12.3. The molecule has 18 heavy (non-hydrogen) atoms. The number of rotatable bonds is 3. The summed E-state index contributed by atoms with van der Waals surface area (Å²) in [6, 6.07) is 3.98. The van der Waals surface area contributed by atoms with Crippen LogP contribution in [-0.4, -0.2) is 18.9 Å². The van der Waals surface area contributed by atoms with Gasteiger partial charge in [0.05, 0.1) is 0 Å². The van der Waals surface area contributed by atoms with Crippen LogP contribution in [0, 0.1) is 18.8 Å². The SMILES string of the molecule is CCC(C)(C#Cc1ccc(C)nc1)O[Si](C)(C)C. The molecule has 1 heterocycles. The summed E-state index contributed by atoms with van der Waals surface area (Å²) in [6.07, 6.45) is 2.70. The van der Waals surface area contributed by atoms with E-state index in [-0.39, 0.29) is 5.60 Å². The smallest absolute Gasteiger partial charge is 0.185 e. The van der Waals surface area contributed by atoms with Crippen molar-refractivity contribution in [3.05, 3.63) is 29.6 Å². The van der Waals surface area contributed by atoms with Crippen molar-refractivity contribution < 1.29 is 4.43 Å². The lowest BCUT2D eigenvalue weighted by Gasteiger charge is -2.31. The average Bonchev–Trinajstić information content (AvgIpc) is 2.26. The maximum atomic E-state index is 6.16. The first-order valence-electron chi connectivity index (χ1n) is 6.40. The minimum Gasteiger partial charge on any atom is -0.402 e. The lowest BCUT2D eigenvalue weighted by atomic mass is 10.0. The van der Waals surface area contributed by atoms with Crippen molar-refractivity contribution in [3.63, 3.8) is 0 Å². The number of hydrogen-bond acceptors (Lipinski definition) is 2. The van der Waals surface area contributed by atoms with Crippen molar-refractivity contribution in [1.82, 2.24) is 4.98 Å². The third-order valence-electron chi connectivity index (χ3n) is 2.59. The molecular formula is C15H23NOSi. The van der Waals surface area contributed by atoms with Crippen molar-refractivity contribution in [2.75, 3.05) is 0 Å². The van der Waals surface area contributed by atoms with Crippen LogP contribution in [0.5, 0.6) is 0 Å². The molecule has 1 aromatic rings. The Morgan fingerprint density at radius 3 is 2.44 bits per heavy atom. The third kappa shape index (κ3) is 5.03. The largest absolute Gasteiger partial charge is 0.402 e. The molecule has 0 spiro atoms. The van der Waals surface area contributed by atoms with Gasteiger partial charge in [0, 0.05) is 17.5 Å². The Bertz CT molecular complexity index is 450. The molecule has 1 unspecified atom stereocenters. The molecule has 0 amide bonds. The van der Waals surface area contributed by atoms with Crippen LogP contribution in [0.2, 0.25) is 19.6 Å². The molecule has 98 valence electrons. The summed E-state index contributed by atoms with van der Waals surface area (Å²) >= 11 is 0. The van der Waals surface area contributed by atoms with Gasteiger partial charge in [-0.05, 0) is 52.0 Å². The van der Waals surface area contributed by atoms with E-state index >= 15 is 0 Å². The Balaban J connectivity index is 2.89.